The average Bonchev–Trinajstić information content (AvgIpc) is 2.71. The lowest BCUT2D eigenvalue weighted by Gasteiger charge is -2.23. The highest BCUT2D eigenvalue weighted by Gasteiger charge is 2.27. The van der Waals surface area contributed by atoms with Crippen LogP contribution in [0.1, 0.15) is 36.2 Å². The van der Waals surface area contributed by atoms with E-state index in [0.717, 1.165) is 0 Å². The van der Waals surface area contributed by atoms with Gasteiger partial charge in [0.05, 0.1) is 12.8 Å². The maximum Gasteiger partial charge on any atom is 0.405 e. The summed E-state index contributed by atoms with van der Waals surface area (Å²) in [7, 11) is 1.49. The molecule has 0 fully saturated rings. The third kappa shape index (κ3) is 5.09. The highest BCUT2D eigenvalue weighted by atomic mass is 16.5. The molecule has 2 aromatic carbocycles. The van der Waals surface area contributed by atoms with Crippen LogP contribution in [0.25, 0.3) is 0 Å². The van der Waals surface area contributed by atoms with Gasteiger partial charge in [-0.25, -0.2) is 4.79 Å². The van der Waals surface area contributed by atoms with Gasteiger partial charge in [0.25, 0.3) is 0 Å². The van der Waals surface area contributed by atoms with Crippen molar-refractivity contribution in [3.05, 3.63) is 59.7 Å². The summed E-state index contributed by atoms with van der Waals surface area (Å²) >= 11 is 0. The number of carboxylic acid groups (broad SMARTS) is 1. The lowest BCUT2D eigenvalue weighted by molar-refractivity contribution is -0.119. The Morgan fingerprint density at radius 3 is 2.36 bits per heavy atom. The Kier molecular flexibility index (Phi) is 7.14. The Balaban J connectivity index is 2.37. The molecule has 0 aliphatic rings. The number of ether oxygens (including phenoxy) is 1. The van der Waals surface area contributed by atoms with Crippen LogP contribution in [0.2, 0.25) is 0 Å². The van der Waals surface area contributed by atoms with Gasteiger partial charge in [-0.1, -0.05) is 50.6 Å². The summed E-state index contributed by atoms with van der Waals surface area (Å²) in [4.78, 5) is 36.7. The molecule has 2 unspecified atom stereocenters. The summed E-state index contributed by atoms with van der Waals surface area (Å²) in [5, 5.41) is 14.0. The van der Waals surface area contributed by atoms with E-state index in [4.69, 9.17) is 9.84 Å². The van der Waals surface area contributed by atoms with Crippen LogP contribution in [0.3, 0.4) is 0 Å². The monoisotopic (exact) mass is 384 g/mol. The van der Waals surface area contributed by atoms with Gasteiger partial charge in [-0.15, -0.1) is 0 Å². The van der Waals surface area contributed by atoms with E-state index in [9.17, 15) is 14.4 Å². The van der Waals surface area contributed by atoms with Gasteiger partial charge >= 0.3 is 6.09 Å². The minimum atomic E-state index is -1.28. The molecule has 148 valence electrons. The Bertz CT molecular complexity index is 851. The third-order valence-electron chi connectivity index (χ3n) is 4.54. The number of ketones is 1. The van der Waals surface area contributed by atoms with E-state index in [2.05, 4.69) is 10.6 Å². The van der Waals surface area contributed by atoms with Gasteiger partial charge in [-0.05, 0) is 24.1 Å². The van der Waals surface area contributed by atoms with Crippen LogP contribution >= 0.6 is 0 Å². The minimum absolute atomic E-state index is 0.220. The lowest BCUT2D eigenvalue weighted by Crippen LogP contribution is -2.47. The first-order valence-electron chi connectivity index (χ1n) is 8.95. The molecule has 2 rings (SSSR count). The first-order valence-corrected chi connectivity index (χ1v) is 8.95. The summed E-state index contributed by atoms with van der Waals surface area (Å²) in [6, 6.07) is 12.5. The molecule has 0 radical (unpaired) electrons. The molecule has 0 aliphatic heterocycles. The van der Waals surface area contributed by atoms with E-state index in [1.165, 1.54) is 7.11 Å². The van der Waals surface area contributed by atoms with Gasteiger partial charge in [0, 0.05) is 11.1 Å². The van der Waals surface area contributed by atoms with Crippen LogP contribution in [0.5, 0.6) is 5.75 Å². The van der Waals surface area contributed by atoms with Crippen molar-refractivity contribution >= 4 is 23.5 Å². The van der Waals surface area contributed by atoms with Crippen LogP contribution < -0.4 is 15.4 Å². The standard InChI is InChI=1S/C21H24N2O5/c1-4-13(2)18(23-21(26)27)20(25)22-17-11-10-15(28-3)12-16(17)19(24)14-8-6-5-7-9-14/h5-13,18,23H,4H2,1-3H3,(H,22,25)(H,26,27). The van der Waals surface area contributed by atoms with Crippen LogP contribution in [-0.2, 0) is 4.79 Å². The number of benzene rings is 2. The number of hydrogen-bond acceptors (Lipinski definition) is 4. The Morgan fingerprint density at radius 2 is 1.79 bits per heavy atom. The first kappa shape index (κ1) is 21.0. The fourth-order valence-electron chi connectivity index (χ4n) is 2.74. The second-order valence-electron chi connectivity index (χ2n) is 6.41. The fourth-order valence-corrected chi connectivity index (χ4v) is 2.74. The summed E-state index contributed by atoms with van der Waals surface area (Å²) in [5.74, 6) is -0.549. The maximum absolute atomic E-state index is 12.9. The maximum atomic E-state index is 12.9. The molecule has 7 heteroatoms. The molecule has 0 spiro atoms. The van der Waals surface area contributed by atoms with E-state index in [-0.39, 0.29) is 17.3 Å². The molecule has 0 heterocycles. The van der Waals surface area contributed by atoms with Crippen molar-refractivity contribution in [1.29, 1.82) is 0 Å². The Morgan fingerprint density at radius 1 is 1.11 bits per heavy atom. The van der Waals surface area contributed by atoms with E-state index in [1.54, 1.807) is 55.5 Å². The van der Waals surface area contributed by atoms with Crippen molar-refractivity contribution < 1.29 is 24.2 Å². The molecule has 3 N–H and O–H groups in total. The number of carbonyl (C=O) groups is 3. The number of methoxy groups -OCH3 is 1. The van der Waals surface area contributed by atoms with Crippen molar-refractivity contribution in [2.24, 2.45) is 5.92 Å². The zero-order valence-corrected chi connectivity index (χ0v) is 16.1. The predicted molar refractivity (Wildman–Crippen MR) is 106 cm³/mol. The van der Waals surface area contributed by atoms with E-state index < -0.39 is 18.0 Å². The molecular formula is C21H24N2O5. The van der Waals surface area contributed by atoms with Crippen LogP contribution in [0.15, 0.2) is 48.5 Å². The second kappa shape index (κ2) is 9.55. The average molecular weight is 384 g/mol. The number of nitrogens with one attached hydrogen (secondary N) is 2. The van der Waals surface area contributed by atoms with Crippen molar-refractivity contribution in [2.45, 2.75) is 26.3 Å². The van der Waals surface area contributed by atoms with Crippen molar-refractivity contribution in [2.75, 3.05) is 12.4 Å². The molecule has 2 aromatic rings. The van der Waals surface area contributed by atoms with Crippen LogP contribution in [0.4, 0.5) is 10.5 Å². The van der Waals surface area contributed by atoms with Gasteiger partial charge in [0.1, 0.15) is 11.8 Å². The van der Waals surface area contributed by atoms with E-state index in [1.807, 2.05) is 6.92 Å². The number of anilines is 1. The number of hydrogen-bond donors (Lipinski definition) is 3. The molecule has 2 atom stereocenters. The smallest absolute Gasteiger partial charge is 0.405 e. The molecule has 0 saturated carbocycles. The number of amides is 2. The molecule has 0 aromatic heterocycles. The quantitative estimate of drug-likeness (QED) is 0.604. The van der Waals surface area contributed by atoms with Gasteiger partial charge in [0.2, 0.25) is 5.91 Å². The molecular weight excluding hydrogens is 360 g/mol. The molecule has 0 bridgehead atoms. The number of carbonyl (C=O) groups excluding carboxylic acids is 2. The van der Waals surface area contributed by atoms with Gasteiger partial charge in [-0.3, -0.25) is 9.59 Å². The van der Waals surface area contributed by atoms with Crippen molar-refractivity contribution in [3.63, 3.8) is 0 Å². The van der Waals surface area contributed by atoms with Gasteiger partial charge in [0.15, 0.2) is 5.78 Å². The van der Waals surface area contributed by atoms with Crippen molar-refractivity contribution in [3.8, 4) is 5.75 Å². The molecule has 28 heavy (non-hydrogen) atoms. The van der Waals surface area contributed by atoms with Crippen LogP contribution in [-0.4, -0.2) is 36.0 Å². The van der Waals surface area contributed by atoms with E-state index >= 15 is 0 Å². The zero-order valence-electron chi connectivity index (χ0n) is 16.1. The fraction of sp³-hybridized carbons (Fsp3) is 0.286. The topological polar surface area (TPSA) is 105 Å². The van der Waals surface area contributed by atoms with Gasteiger partial charge < -0.3 is 20.5 Å². The van der Waals surface area contributed by atoms with Gasteiger partial charge in [-0.2, -0.15) is 0 Å². The lowest BCUT2D eigenvalue weighted by atomic mass is 9.97. The summed E-state index contributed by atoms with van der Waals surface area (Å²) in [6.45, 7) is 3.65. The molecule has 7 nitrogen and oxygen atoms in total. The largest absolute Gasteiger partial charge is 0.497 e. The molecule has 2 amide bonds. The summed E-state index contributed by atoms with van der Waals surface area (Å²) < 4.78 is 5.20. The second-order valence-corrected chi connectivity index (χ2v) is 6.41. The third-order valence-corrected chi connectivity index (χ3v) is 4.54. The zero-order chi connectivity index (χ0) is 20.7. The van der Waals surface area contributed by atoms with Crippen LogP contribution in [0, 0.1) is 5.92 Å². The van der Waals surface area contributed by atoms with Crippen molar-refractivity contribution in [1.82, 2.24) is 5.32 Å². The predicted octanol–water partition coefficient (Wildman–Crippen LogP) is 3.55. The Hall–Kier alpha value is -3.35. The molecule has 0 aliphatic carbocycles. The highest BCUT2D eigenvalue weighted by molar-refractivity contribution is 6.14. The number of rotatable bonds is 8. The highest BCUT2D eigenvalue weighted by Crippen LogP contribution is 2.25. The SMILES string of the molecule is CCC(C)C(NC(=O)O)C(=O)Nc1ccc(OC)cc1C(=O)c1ccccc1. The summed E-state index contributed by atoms with van der Waals surface area (Å²) in [6.07, 6.45) is -0.674. The Labute approximate surface area is 163 Å². The first-order chi connectivity index (χ1) is 13.4. The molecule has 0 saturated heterocycles. The minimum Gasteiger partial charge on any atom is -0.497 e. The van der Waals surface area contributed by atoms with E-state index in [0.29, 0.717) is 23.4 Å². The normalized spacial score (nSPS) is 12.5. The summed E-state index contributed by atoms with van der Waals surface area (Å²) in [5.41, 5.74) is 1.02.